The Kier molecular flexibility index (Phi) is 4.31. The third-order valence-corrected chi connectivity index (χ3v) is 3.92. The Morgan fingerprint density at radius 1 is 1.19 bits per heavy atom. The van der Waals surface area contributed by atoms with Crippen molar-refractivity contribution in [3.8, 4) is 0 Å². The number of nitrogens with zero attached hydrogens (tertiary/aromatic N) is 5. The first-order valence-corrected chi connectivity index (χ1v) is 7.66. The topological polar surface area (TPSA) is 57.2 Å². The number of likely N-dealkylation sites (N-methyl/N-ethyl adjacent to an activating group) is 1. The molecule has 0 aliphatic carbocycles. The van der Waals surface area contributed by atoms with Crippen molar-refractivity contribution < 1.29 is 0 Å². The van der Waals surface area contributed by atoms with Gasteiger partial charge in [-0.1, -0.05) is 22.0 Å². The summed E-state index contributed by atoms with van der Waals surface area (Å²) in [7, 11) is 2.13. The zero-order valence-electron chi connectivity index (χ0n) is 11.8. The molecule has 2 heterocycles. The predicted molar refractivity (Wildman–Crippen MR) is 87.0 cm³/mol. The average Bonchev–Trinajstić information content (AvgIpc) is 2.48. The number of nitrogens with one attached hydrogen (secondary N) is 1. The number of halogens is 1. The molecule has 0 radical (unpaired) electrons. The fraction of sp³-hybridized carbons (Fsp3) is 0.357. The molecule has 0 bridgehead atoms. The standard InChI is InChI=1S/C14H17BrN6/c1-20-5-7-21(8-6-20)14-18-13(10-16-19-14)17-12-4-2-3-11(15)9-12/h2-4,9-10H,5-8H2,1H3,(H,17,18,19). The minimum atomic E-state index is 0.683. The second-order valence-corrected chi connectivity index (χ2v) is 5.98. The molecule has 1 aromatic carbocycles. The number of rotatable bonds is 3. The molecule has 0 atom stereocenters. The third kappa shape index (κ3) is 3.68. The molecule has 3 rings (SSSR count). The minimum Gasteiger partial charge on any atom is -0.339 e. The average molecular weight is 349 g/mol. The van der Waals surface area contributed by atoms with Crippen LogP contribution in [0.25, 0.3) is 0 Å². The monoisotopic (exact) mass is 348 g/mol. The van der Waals surface area contributed by atoms with Crippen molar-refractivity contribution in [3.63, 3.8) is 0 Å². The Labute approximate surface area is 132 Å². The van der Waals surface area contributed by atoms with Gasteiger partial charge in [-0.2, -0.15) is 10.1 Å². The molecule has 1 fully saturated rings. The van der Waals surface area contributed by atoms with Crippen molar-refractivity contribution in [1.82, 2.24) is 20.1 Å². The molecule has 0 unspecified atom stereocenters. The molecule has 7 heteroatoms. The highest BCUT2D eigenvalue weighted by Gasteiger charge is 2.17. The van der Waals surface area contributed by atoms with Crippen molar-refractivity contribution in [2.45, 2.75) is 0 Å². The zero-order chi connectivity index (χ0) is 14.7. The van der Waals surface area contributed by atoms with Gasteiger partial charge in [0.1, 0.15) is 0 Å². The van der Waals surface area contributed by atoms with Crippen LogP contribution in [0.2, 0.25) is 0 Å². The van der Waals surface area contributed by atoms with Gasteiger partial charge in [-0.25, -0.2) is 0 Å². The summed E-state index contributed by atoms with van der Waals surface area (Å²) in [6, 6.07) is 7.95. The van der Waals surface area contributed by atoms with Gasteiger partial charge in [0.05, 0.1) is 6.20 Å². The third-order valence-electron chi connectivity index (χ3n) is 3.43. The summed E-state index contributed by atoms with van der Waals surface area (Å²) >= 11 is 3.46. The number of anilines is 3. The van der Waals surface area contributed by atoms with Gasteiger partial charge in [-0.15, -0.1) is 5.10 Å². The molecular weight excluding hydrogens is 332 g/mol. The first kappa shape index (κ1) is 14.2. The van der Waals surface area contributed by atoms with Crippen molar-refractivity contribution in [2.24, 2.45) is 0 Å². The summed E-state index contributed by atoms with van der Waals surface area (Å²) in [4.78, 5) is 9.02. The quantitative estimate of drug-likeness (QED) is 0.916. The van der Waals surface area contributed by atoms with Crippen LogP contribution < -0.4 is 10.2 Å². The van der Waals surface area contributed by atoms with Crippen LogP contribution in [0.4, 0.5) is 17.5 Å². The molecule has 6 nitrogen and oxygen atoms in total. The smallest absolute Gasteiger partial charge is 0.247 e. The van der Waals surface area contributed by atoms with Crippen LogP contribution in [0.1, 0.15) is 0 Å². The molecule has 1 saturated heterocycles. The molecule has 0 saturated carbocycles. The molecule has 21 heavy (non-hydrogen) atoms. The first-order chi connectivity index (χ1) is 10.2. The van der Waals surface area contributed by atoms with Crippen molar-refractivity contribution in [1.29, 1.82) is 0 Å². The molecule has 1 aliphatic heterocycles. The van der Waals surface area contributed by atoms with E-state index in [-0.39, 0.29) is 0 Å². The van der Waals surface area contributed by atoms with Crippen molar-refractivity contribution in [3.05, 3.63) is 34.9 Å². The van der Waals surface area contributed by atoms with Crippen LogP contribution in [-0.4, -0.2) is 53.3 Å². The Morgan fingerprint density at radius 3 is 2.76 bits per heavy atom. The van der Waals surface area contributed by atoms with E-state index in [4.69, 9.17) is 0 Å². The lowest BCUT2D eigenvalue weighted by molar-refractivity contribution is 0.311. The molecule has 110 valence electrons. The highest BCUT2D eigenvalue weighted by Crippen LogP contribution is 2.20. The van der Waals surface area contributed by atoms with E-state index < -0.39 is 0 Å². The Hall–Kier alpha value is -1.73. The summed E-state index contributed by atoms with van der Waals surface area (Å²) < 4.78 is 1.02. The maximum atomic E-state index is 4.55. The molecule has 0 amide bonds. The van der Waals surface area contributed by atoms with E-state index in [0.29, 0.717) is 11.8 Å². The largest absolute Gasteiger partial charge is 0.339 e. The fourth-order valence-electron chi connectivity index (χ4n) is 2.21. The van der Waals surface area contributed by atoms with Gasteiger partial charge in [0.2, 0.25) is 5.95 Å². The number of aromatic nitrogens is 3. The second kappa shape index (κ2) is 6.36. The summed E-state index contributed by atoms with van der Waals surface area (Å²) in [5.74, 6) is 1.39. The Morgan fingerprint density at radius 2 is 2.00 bits per heavy atom. The van der Waals surface area contributed by atoms with Gasteiger partial charge in [0, 0.05) is 36.3 Å². The Balaban J connectivity index is 1.74. The summed E-state index contributed by atoms with van der Waals surface area (Å²) in [6.45, 7) is 3.90. The van der Waals surface area contributed by atoms with E-state index >= 15 is 0 Å². The minimum absolute atomic E-state index is 0.683. The van der Waals surface area contributed by atoms with Gasteiger partial charge in [0.15, 0.2) is 5.82 Å². The normalized spacial score (nSPS) is 16.0. The zero-order valence-corrected chi connectivity index (χ0v) is 13.4. The van der Waals surface area contributed by atoms with Crippen LogP contribution in [0.15, 0.2) is 34.9 Å². The lowest BCUT2D eigenvalue weighted by atomic mass is 10.3. The molecule has 1 aliphatic rings. The number of piperazine rings is 1. The molecule has 2 aromatic rings. The van der Waals surface area contributed by atoms with E-state index in [1.807, 2.05) is 24.3 Å². The molecular formula is C14H17BrN6. The maximum Gasteiger partial charge on any atom is 0.247 e. The van der Waals surface area contributed by atoms with Crippen molar-refractivity contribution in [2.75, 3.05) is 43.4 Å². The van der Waals surface area contributed by atoms with Crippen LogP contribution in [0.3, 0.4) is 0 Å². The van der Waals surface area contributed by atoms with Crippen LogP contribution in [0, 0.1) is 0 Å². The SMILES string of the molecule is CN1CCN(c2nncc(Nc3cccc(Br)c3)n2)CC1. The molecule has 1 N–H and O–H groups in total. The van der Waals surface area contributed by atoms with Gasteiger partial charge in [-0.3, -0.25) is 0 Å². The highest BCUT2D eigenvalue weighted by atomic mass is 79.9. The number of hydrogen-bond acceptors (Lipinski definition) is 6. The highest BCUT2D eigenvalue weighted by molar-refractivity contribution is 9.10. The lowest BCUT2D eigenvalue weighted by Gasteiger charge is -2.32. The van der Waals surface area contributed by atoms with E-state index in [2.05, 4.69) is 53.3 Å². The van der Waals surface area contributed by atoms with E-state index in [9.17, 15) is 0 Å². The lowest BCUT2D eigenvalue weighted by Crippen LogP contribution is -2.45. The van der Waals surface area contributed by atoms with Crippen LogP contribution in [-0.2, 0) is 0 Å². The van der Waals surface area contributed by atoms with Crippen molar-refractivity contribution >= 4 is 33.4 Å². The predicted octanol–water partition coefficient (Wildman–Crippen LogP) is 2.13. The van der Waals surface area contributed by atoms with Gasteiger partial charge in [-0.05, 0) is 25.2 Å². The van der Waals surface area contributed by atoms with E-state index in [1.165, 1.54) is 0 Å². The van der Waals surface area contributed by atoms with Crippen LogP contribution >= 0.6 is 15.9 Å². The second-order valence-electron chi connectivity index (χ2n) is 5.07. The van der Waals surface area contributed by atoms with E-state index in [0.717, 1.165) is 36.3 Å². The van der Waals surface area contributed by atoms with Gasteiger partial charge < -0.3 is 15.1 Å². The number of benzene rings is 1. The summed E-state index contributed by atoms with van der Waals surface area (Å²) in [6.07, 6.45) is 1.64. The fourth-order valence-corrected chi connectivity index (χ4v) is 2.61. The number of hydrogen-bond donors (Lipinski definition) is 1. The maximum absolute atomic E-state index is 4.55. The summed E-state index contributed by atoms with van der Waals surface area (Å²) in [5, 5.41) is 11.5. The molecule has 1 aromatic heterocycles. The Bertz CT molecular complexity index is 612. The van der Waals surface area contributed by atoms with Gasteiger partial charge in [0.25, 0.3) is 0 Å². The van der Waals surface area contributed by atoms with Crippen LogP contribution in [0.5, 0.6) is 0 Å². The summed E-state index contributed by atoms with van der Waals surface area (Å²) in [5.41, 5.74) is 0.967. The van der Waals surface area contributed by atoms with Gasteiger partial charge >= 0.3 is 0 Å². The van der Waals surface area contributed by atoms with E-state index in [1.54, 1.807) is 6.20 Å². The molecule has 0 spiro atoms. The first-order valence-electron chi connectivity index (χ1n) is 6.86.